The maximum atomic E-state index is 12.9. The first-order valence-corrected chi connectivity index (χ1v) is 13.7. The summed E-state index contributed by atoms with van der Waals surface area (Å²) in [7, 11) is 0. The Kier molecular flexibility index (Phi) is 9.34. The van der Waals surface area contributed by atoms with Crippen LogP contribution in [0.5, 0.6) is 0 Å². The van der Waals surface area contributed by atoms with Crippen molar-refractivity contribution in [2.24, 2.45) is 11.8 Å². The van der Waals surface area contributed by atoms with Crippen LogP contribution in [-0.4, -0.2) is 64.2 Å². The van der Waals surface area contributed by atoms with Gasteiger partial charge in [0.2, 0.25) is 5.82 Å². The van der Waals surface area contributed by atoms with Crippen LogP contribution in [0.2, 0.25) is 0 Å². The Labute approximate surface area is 221 Å². The topological polar surface area (TPSA) is 65.8 Å². The van der Waals surface area contributed by atoms with E-state index >= 15 is 0 Å². The van der Waals surface area contributed by atoms with Gasteiger partial charge < -0.3 is 10.2 Å². The Balaban J connectivity index is 0.000000469. The van der Waals surface area contributed by atoms with Gasteiger partial charge in [0.15, 0.2) is 5.65 Å². The highest BCUT2D eigenvalue weighted by atomic mass is 16.2. The molecule has 1 N–H and O–H groups in total. The zero-order valence-corrected chi connectivity index (χ0v) is 22.6. The first-order chi connectivity index (χ1) is 18.0. The number of aryl methyl sites for hydroxylation is 1. The fourth-order valence-corrected chi connectivity index (χ4v) is 5.39. The van der Waals surface area contributed by atoms with Crippen molar-refractivity contribution < 1.29 is 4.79 Å². The van der Waals surface area contributed by atoms with Gasteiger partial charge in [-0.25, -0.2) is 9.50 Å². The van der Waals surface area contributed by atoms with Gasteiger partial charge in [-0.15, -0.1) is 11.7 Å². The van der Waals surface area contributed by atoms with Gasteiger partial charge in [0.25, 0.3) is 5.91 Å². The molecule has 7 heteroatoms. The lowest BCUT2D eigenvalue weighted by atomic mass is 9.97. The molecule has 0 bridgehead atoms. The van der Waals surface area contributed by atoms with E-state index in [0.717, 1.165) is 62.5 Å². The Morgan fingerprint density at radius 2 is 1.89 bits per heavy atom. The molecular formula is C30H42N6O. The largest absolute Gasteiger partial charge is 0.370 e. The summed E-state index contributed by atoms with van der Waals surface area (Å²) in [5.74, 6) is 1.41. The van der Waals surface area contributed by atoms with Crippen LogP contribution in [0.25, 0.3) is 5.65 Å². The zero-order chi connectivity index (χ0) is 26.2. The average molecular weight is 503 g/mol. The summed E-state index contributed by atoms with van der Waals surface area (Å²) < 4.78 is 1.77. The smallest absolute Gasteiger partial charge is 0.291 e. The number of carbonyl (C=O) groups excluding carboxylic acids is 1. The Morgan fingerprint density at radius 1 is 1.16 bits per heavy atom. The molecule has 198 valence electrons. The monoisotopic (exact) mass is 502 g/mol. The van der Waals surface area contributed by atoms with E-state index in [1.807, 2.05) is 55.6 Å². The van der Waals surface area contributed by atoms with E-state index in [0.29, 0.717) is 11.8 Å². The van der Waals surface area contributed by atoms with Crippen molar-refractivity contribution in [2.45, 2.75) is 52.5 Å². The zero-order valence-electron chi connectivity index (χ0n) is 22.6. The minimum absolute atomic E-state index is 0.149. The quantitative estimate of drug-likeness (QED) is 0.440. The van der Waals surface area contributed by atoms with Crippen LogP contribution in [0, 0.1) is 18.8 Å². The molecule has 37 heavy (non-hydrogen) atoms. The third-order valence-electron chi connectivity index (χ3n) is 7.46. The lowest BCUT2D eigenvalue weighted by Crippen LogP contribution is -2.37. The number of nitrogens with one attached hydrogen (secondary N) is 1. The molecule has 2 aliphatic rings. The summed E-state index contributed by atoms with van der Waals surface area (Å²) in [6, 6.07) is 14.3. The number of fused-ring (bicyclic) bond motifs is 1. The standard InChI is InChI=1S/C24H36N6O.C6H6/c1-5-9-28-10-8-19(15-28)13-20(6-2)25-24(31)22-26-23-18(4)12-21(16-30(23)27-22)29-11-7-17(3)14-29;1-2-4-6-5-3-1/h5,12,16-17,19-20H,1,6-11,13-15H2,2-4H3,(H,25,31);1-6H. The van der Waals surface area contributed by atoms with Crippen molar-refractivity contribution >= 4 is 17.2 Å². The number of amides is 1. The molecule has 2 saturated heterocycles. The van der Waals surface area contributed by atoms with Crippen molar-refractivity contribution in [3.8, 4) is 0 Å². The van der Waals surface area contributed by atoms with Crippen molar-refractivity contribution in [3.05, 3.63) is 72.7 Å². The first-order valence-electron chi connectivity index (χ1n) is 13.7. The molecule has 0 spiro atoms. The number of aromatic nitrogens is 3. The molecule has 4 heterocycles. The molecule has 0 saturated carbocycles. The minimum atomic E-state index is -0.174. The molecule has 2 aliphatic heterocycles. The number of hydrogen-bond donors (Lipinski definition) is 1. The molecule has 3 aromatic rings. The second-order valence-corrected chi connectivity index (χ2v) is 10.6. The Hall–Kier alpha value is -3.19. The molecule has 3 unspecified atom stereocenters. The average Bonchev–Trinajstić information content (AvgIpc) is 3.65. The predicted octanol–water partition coefficient (Wildman–Crippen LogP) is 4.98. The third-order valence-corrected chi connectivity index (χ3v) is 7.46. The summed E-state index contributed by atoms with van der Waals surface area (Å²) in [5.41, 5.74) is 2.96. The summed E-state index contributed by atoms with van der Waals surface area (Å²) in [6.45, 7) is 15.6. The van der Waals surface area contributed by atoms with Crippen LogP contribution in [-0.2, 0) is 0 Å². The number of likely N-dealkylation sites (tertiary alicyclic amines) is 1. The summed E-state index contributed by atoms with van der Waals surface area (Å²) in [4.78, 5) is 22.3. The van der Waals surface area contributed by atoms with Gasteiger partial charge in [-0.3, -0.25) is 9.69 Å². The van der Waals surface area contributed by atoms with Gasteiger partial charge >= 0.3 is 0 Å². The maximum Gasteiger partial charge on any atom is 0.291 e. The molecule has 5 rings (SSSR count). The first kappa shape index (κ1) is 26.9. The van der Waals surface area contributed by atoms with Crippen molar-refractivity contribution in [2.75, 3.05) is 37.6 Å². The Bertz CT molecular complexity index is 1130. The van der Waals surface area contributed by atoms with E-state index in [2.05, 4.69) is 51.7 Å². The number of pyridine rings is 1. The van der Waals surface area contributed by atoms with Crippen LogP contribution in [0.3, 0.4) is 0 Å². The number of nitrogens with zero attached hydrogens (tertiary/aromatic N) is 5. The number of benzene rings is 1. The number of rotatable bonds is 8. The molecule has 1 aromatic carbocycles. The fourth-order valence-electron chi connectivity index (χ4n) is 5.39. The second-order valence-electron chi connectivity index (χ2n) is 10.6. The highest BCUT2D eigenvalue weighted by Gasteiger charge is 2.26. The van der Waals surface area contributed by atoms with Crippen LogP contribution in [0.15, 0.2) is 61.3 Å². The number of carbonyl (C=O) groups is 1. The normalized spacial score (nSPS) is 20.5. The number of hydrogen-bond acceptors (Lipinski definition) is 5. The molecule has 2 fully saturated rings. The van der Waals surface area contributed by atoms with E-state index in [1.165, 1.54) is 12.8 Å². The van der Waals surface area contributed by atoms with Gasteiger partial charge in [-0.05, 0) is 62.6 Å². The predicted molar refractivity (Wildman–Crippen MR) is 151 cm³/mol. The Morgan fingerprint density at radius 3 is 2.51 bits per heavy atom. The van der Waals surface area contributed by atoms with Gasteiger partial charge in [-0.2, -0.15) is 0 Å². The van der Waals surface area contributed by atoms with Gasteiger partial charge in [0.05, 0.1) is 11.9 Å². The third kappa shape index (κ3) is 7.19. The van der Waals surface area contributed by atoms with E-state index in [4.69, 9.17) is 0 Å². The van der Waals surface area contributed by atoms with Gasteiger partial charge in [0.1, 0.15) is 0 Å². The van der Waals surface area contributed by atoms with Gasteiger partial charge in [0, 0.05) is 32.2 Å². The summed E-state index contributed by atoms with van der Waals surface area (Å²) in [6.07, 6.45) is 8.28. The molecule has 7 nitrogen and oxygen atoms in total. The van der Waals surface area contributed by atoms with E-state index in [-0.39, 0.29) is 17.8 Å². The van der Waals surface area contributed by atoms with E-state index < -0.39 is 0 Å². The molecule has 3 atom stereocenters. The van der Waals surface area contributed by atoms with Crippen LogP contribution in [0.4, 0.5) is 5.69 Å². The maximum absolute atomic E-state index is 12.9. The highest BCUT2D eigenvalue weighted by Crippen LogP contribution is 2.26. The van der Waals surface area contributed by atoms with E-state index in [1.54, 1.807) is 4.52 Å². The fraction of sp³-hybridized carbons (Fsp3) is 0.500. The second kappa shape index (κ2) is 12.9. The SMILES string of the molecule is C=CCN1CCC(CC(CC)NC(=O)c2nc3c(C)cc(N4CCC(C)C4)cn3n2)C1.c1ccccc1. The van der Waals surface area contributed by atoms with Crippen molar-refractivity contribution in [3.63, 3.8) is 0 Å². The number of anilines is 1. The van der Waals surface area contributed by atoms with Gasteiger partial charge in [-0.1, -0.05) is 56.3 Å². The molecule has 0 aliphatic carbocycles. The molecule has 2 aromatic heterocycles. The molecule has 0 radical (unpaired) electrons. The molecular weight excluding hydrogens is 460 g/mol. The summed E-state index contributed by atoms with van der Waals surface area (Å²) in [5, 5.41) is 7.71. The lowest BCUT2D eigenvalue weighted by molar-refractivity contribution is 0.0919. The van der Waals surface area contributed by atoms with Crippen molar-refractivity contribution in [1.29, 1.82) is 0 Å². The molecule has 1 amide bonds. The lowest BCUT2D eigenvalue weighted by Gasteiger charge is -2.20. The van der Waals surface area contributed by atoms with E-state index in [9.17, 15) is 4.79 Å². The van der Waals surface area contributed by atoms with Crippen molar-refractivity contribution in [1.82, 2.24) is 24.8 Å². The minimum Gasteiger partial charge on any atom is -0.370 e. The van der Waals surface area contributed by atoms with Crippen LogP contribution >= 0.6 is 0 Å². The highest BCUT2D eigenvalue weighted by molar-refractivity contribution is 5.91. The van der Waals surface area contributed by atoms with Crippen LogP contribution in [0.1, 0.15) is 55.7 Å². The van der Waals surface area contributed by atoms with Crippen LogP contribution < -0.4 is 10.2 Å². The summed E-state index contributed by atoms with van der Waals surface area (Å²) >= 11 is 0.